The van der Waals surface area contributed by atoms with E-state index in [4.69, 9.17) is 4.74 Å². The molecule has 0 aromatic rings. The van der Waals surface area contributed by atoms with Gasteiger partial charge in [-0.3, -0.25) is 0 Å². The molecule has 1 aliphatic heterocycles. The van der Waals surface area contributed by atoms with Crippen LogP contribution in [0.3, 0.4) is 0 Å². The van der Waals surface area contributed by atoms with Crippen LogP contribution >= 0.6 is 0 Å². The van der Waals surface area contributed by atoms with Crippen molar-refractivity contribution in [2.24, 2.45) is 11.8 Å². The Morgan fingerprint density at radius 1 is 1.38 bits per heavy atom. The van der Waals surface area contributed by atoms with E-state index in [-0.39, 0.29) is 36.9 Å². The second-order valence-corrected chi connectivity index (χ2v) is 4.29. The molecule has 66 valence electrons. The fraction of sp³-hybridized carbons (Fsp3) is 0.625. The first-order valence-electron chi connectivity index (χ1n) is 4.20. The van der Waals surface area contributed by atoms with E-state index in [0.29, 0.717) is 0 Å². The summed E-state index contributed by atoms with van der Waals surface area (Å²) >= 11 is 0.208. The van der Waals surface area contributed by atoms with Gasteiger partial charge in [0.05, 0.1) is 0 Å². The van der Waals surface area contributed by atoms with Crippen molar-refractivity contribution in [2.75, 3.05) is 0 Å². The van der Waals surface area contributed by atoms with E-state index < -0.39 is 23.7 Å². The van der Waals surface area contributed by atoms with E-state index >= 15 is 0 Å². The Morgan fingerprint density at radius 2 is 1.92 bits per heavy atom. The van der Waals surface area contributed by atoms with Gasteiger partial charge < -0.3 is 0 Å². The summed E-state index contributed by atoms with van der Waals surface area (Å²) < 4.78 is 4.49. The van der Waals surface area contributed by atoms with Crippen molar-refractivity contribution in [3.63, 3.8) is 0 Å². The van der Waals surface area contributed by atoms with Crippen molar-refractivity contribution in [2.45, 2.75) is 20.0 Å². The number of ether oxygens (including phenoxy) is 1. The van der Waals surface area contributed by atoms with Gasteiger partial charge in [-0.2, -0.15) is 0 Å². The third-order valence-corrected chi connectivity index (χ3v) is 2.86. The number of rotatable bonds is 2. The number of hydrogen-bond acceptors (Lipinski definition) is 4. The van der Waals surface area contributed by atoms with Crippen LogP contribution in [0, 0.1) is 11.8 Å². The fourth-order valence-electron chi connectivity index (χ4n) is 1.59. The van der Waals surface area contributed by atoms with Crippen LogP contribution in [0.2, 0.25) is 0 Å². The van der Waals surface area contributed by atoms with Crippen LogP contribution in [-0.2, 0) is 19.1 Å². The van der Waals surface area contributed by atoms with Gasteiger partial charge in [-0.05, 0) is 0 Å². The summed E-state index contributed by atoms with van der Waals surface area (Å²) in [7, 11) is 0. The Kier molecular flexibility index (Phi) is 3.27. The van der Waals surface area contributed by atoms with Crippen LogP contribution in [-0.4, -0.2) is 48.8 Å². The quantitative estimate of drug-likeness (QED) is 0.334. The molecular formula is C8H9NaO4. The van der Waals surface area contributed by atoms with Crippen molar-refractivity contribution in [1.82, 2.24) is 0 Å². The number of esters is 1. The summed E-state index contributed by atoms with van der Waals surface area (Å²) in [5.74, 6) is -1.86. The van der Waals surface area contributed by atoms with Crippen molar-refractivity contribution < 1.29 is 19.1 Å². The van der Waals surface area contributed by atoms with Gasteiger partial charge in [-0.15, -0.1) is 0 Å². The van der Waals surface area contributed by atoms with Crippen LogP contribution in [0.1, 0.15) is 13.8 Å². The molecule has 3 atom stereocenters. The molecule has 0 aromatic carbocycles. The molecule has 0 N–H and O–H groups in total. The Hall–Kier alpha value is -0.190. The van der Waals surface area contributed by atoms with E-state index in [1.165, 1.54) is 0 Å². The van der Waals surface area contributed by atoms with Gasteiger partial charge in [0, 0.05) is 0 Å². The molecule has 1 saturated heterocycles. The molecule has 1 rings (SSSR count). The summed E-state index contributed by atoms with van der Waals surface area (Å²) in [4.78, 5) is 33.3. The van der Waals surface area contributed by atoms with Crippen LogP contribution in [0.15, 0.2) is 0 Å². The zero-order valence-electron chi connectivity index (χ0n) is 7.87. The fourth-order valence-corrected chi connectivity index (χ4v) is 1.93. The summed E-state index contributed by atoms with van der Waals surface area (Å²) in [5, 5.41) is 0. The molecule has 0 radical (unpaired) electrons. The normalized spacial score (nSPS) is 32.9. The van der Waals surface area contributed by atoms with Crippen LogP contribution in [0.5, 0.6) is 0 Å². The molecule has 2 unspecified atom stereocenters. The molecule has 1 fully saturated rings. The molecule has 0 aromatic heterocycles. The van der Waals surface area contributed by atoms with Gasteiger partial charge in [-0.25, -0.2) is 0 Å². The zero-order chi connectivity index (χ0) is 10.2. The van der Waals surface area contributed by atoms with E-state index in [9.17, 15) is 14.4 Å². The average Bonchev–Trinajstić information content (AvgIpc) is 2.26. The number of carbonyl (C=O) groups excluding carboxylic acids is 3. The summed E-state index contributed by atoms with van der Waals surface area (Å²) in [6.07, 6.45) is -0.451. The van der Waals surface area contributed by atoms with Crippen LogP contribution in [0.25, 0.3) is 0 Å². The Morgan fingerprint density at radius 3 is 2.23 bits per heavy atom. The molecule has 13 heavy (non-hydrogen) atoms. The van der Waals surface area contributed by atoms with Crippen molar-refractivity contribution >= 4 is 42.7 Å². The Balaban J connectivity index is 2.86. The molecule has 4 nitrogen and oxygen atoms in total. The molecule has 1 aliphatic rings. The molecular weight excluding hydrogens is 183 g/mol. The first kappa shape index (κ1) is 10.9. The third-order valence-electron chi connectivity index (χ3n) is 2.37. The first-order chi connectivity index (χ1) is 5.95. The number of carbonyl (C=O) groups is 3. The van der Waals surface area contributed by atoms with Gasteiger partial charge in [0.1, 0.15) is 0 Å². The van der Waals surface area contributed by atoms with Gasteiger partial charge in [-0.1, -0.05) is 0 Å². The molecule has 0 amide bonds. The summed E-state index contributed by atoms with van der Waals surface area (Å²) in [5.41, 5.74) is 0. The first-order valence-corrected chi connectivity index (χ1v) is 5.20. The maximum atomic E-state index is 11.4. The Labute approximate surface area is 93.4 Å². The van der Waals surface area contributed by atoms with Crippen molar-refractivity contribution in [3.8, 4) is 0 Å². The summed E-state index contributed by atoms with van der Waals surface area (Å²) in [6.45, 7) is 3.27. The topological polar surface area (TPSA) is 60.4 Å². The van der Waals surface area contributed by atoms with Crippen LogP contribution < -0.4 is 0 Å². The van der Waals surface area contributed by atoms with Crippen molar-refractivity contribution in [1.29, 1.82) is 0 Å². The third kappa shape index (κ3) is 2.00. The minimum absolute atomic E-state index is 0.208. The van der Waals surface area contributed by atoms with E-state index in [0.717, 1.165) is 0 Å². The second-order valence-electron chi connectivity index (χ2n) is 3.38. The molecule has 1 heterocycles. The SMILES string of the molecule is CC1C(=O)O[C@H](C)C1C(=O)[C](=O)[Na]. The van der Waals surface area contributed by atoms with E-state index in [1.807, 2.05) is 0 Å². The Bertz CT molecular complexity index is 273. The minimum atomic E-state index is -0.558. The average molecular weight is 192 g/mol. The molecule has 0 bridgehead atoms. The molecule has 0 aliphatic carbocycles. The van der Waals surface area contributed by atoms with E-state index in [2.05, 4.69) is 0 Å². The monoisotopic (exact) mass is 192 g/mol. The number of Topliss-reactive ketones (excluding diaryl/α,β-unsaturated/α-hetero) is 1. The predicted molar refractivity (Wildman–Crippen MR) is 44.0 cm³/mol. The van der Waals surface area contributed by atoms with Gasteiger partial charge in [0.15, 0.2) is 0 Å². The van der Waals surface area contributed by atoms with E-state index in [1.54, 1.807) is 13.8 Å². The molecule has 5 heteroatoms. The van der Waals surface area contributed by atoms with Crippen molar-refractivity contribution in [3.05, 3.63) is 0 Å². The zero-order valence-corrected chi connectivity index (χ0v) is 9.87. The maximum absolute atomic E-state index is 11.4. The number of hydrogen-bond donors (Lipinski definition) is 0. The molecule has 0 saturated carbocycles. The standard InChI is InChI=1S/C8H9O4.Na/c1-4-7(6(10)3-9)5(2)12-8(4)11;/h4-5,7H,1-2H3;/t4?,5-,7?;/m1./s1. The number of ketones is 1. The van der Waals surface area contributed by atoms with Gasteiger partial charge >= 0.3 is 93.6 Å². The van der Waals surface area contributed by atoms with Gasteiger partial charge in [0.25, 0.3) is 0 Å². The summed E-state index contributed by atoms with van der Waals surface area (Å²) in [6, 6.07) is 0. The predicted octanol–water partition coefficient (Wildman–Crippen LogP) is -0.552. The van der Waals surface area contributed by atoms with Crippen LogP contribution in [0.4, 0.5) is 0 Å². The second kappa shape index (κ2) is 3.90. The molecule has 0 spiro atoms. The van der Waals surface area contributed by atoms with Gasteiger partial charge in [0.2, 0.25) is 0 Å². The number of cyclic esters (lactones) is 1.